The number of fused-ring (bicyclic) bond motifs is 1. The van der Waals surface area contributed by atoms with Crippen LogP contribution in [0.1, 0.15) is 46.0 Å². The second-order valence-electron chi connectivity index (χ2n) is 8.42. The van der Waals surface area contributed by atoms with Crippen molar-refractivity contribution in [3.05, 3.63) is 92.2 Å². The van der Waals surface area contributed by atoms with E-state index in [2.05, 4.69) is 15.6 Å². The lowest BCUT2D eigenvalue weighted by Crippen LogP contribution is -2.27. The molecule has 0 aliphatic heterocycles. The predicted octanol–water partition coefficient (Wildman–Crippen LogP) is 4.62. The zero-order valence-corrected chi connectivity index (χ0v) is 20.9. The molecule has 1 unspecified atom stereocenters. The number of hydrogen-bond donors (Lipinski definition) is 4. The molecule has 0 saturated carbocycles. The van der Waals surface area contributed by atoms with E-state index in [1.807, 2.05) is 38.1 Å². The molecule has 36 heavy (non-hydrogen) atoms. The Labute approximate surface area is 212 Å². The topological polar surface area (TPSA) is 133 Å². The third-order valence-electron chi connectivity index (χ3n) is 5.95. The highest BCUT2D eigenvalue weighted by Gasteiger charge is 2.21. The molecule has 0 amide bonds. The van der Waals surface area contributed by atoms with Crippen LogP contribution in [-0.2, 0) is 7.05 Å². The van der Waals surface area contributed by atoms with Gasteiger partial charge < -0.3 is 15.7 Å². The van der Waals surface area contributed by atoms with Crippen molar-refractivity contribution in [2.75, 3.05) is 17.7 Å². The number of halogens is 1. The first kappa shape index (κ1) is 24.9. The summed E-state index contributed by atoms with van der Waals surface area (Å²) in [5, 5.41) is 25.1. The fraction of sp³-hybridized carbons (Fsp3) is 0.192. The summed E-state index contributed by atoms with van der Waals surface area (Å²) in [6.07, 6.45) is 0. The Hall–Kier alpha value is -4.24. The van der Waals surface area contributed by atoms with E-state index in [1.165, 1.54) is 10.6 Å². The van der Waals surface area contributed by atoms with Crippen LogP contribution in [0, 0.1) is 12.3 Å². The van der Waals surface area contributed by atoms with E-state index in [0.717, 1.165) is 11.3 Å². The van der Waals surface area contributed by atoms with Crippen LogP contribution in [0.15, 0.2) is 53.3 Å². The maximum absolute atomic E-state index is 13.4. The first-order valence-electron chi connectivity index (χ1n) is 11.2. The van der Waals surface area contributed by atoms with Gasteiger partial charge in [-0.05, 0) is 43.7 Å². The van der Waals surface area contributed by atoms with Gasteiger partial charge >= 0.3 is 5.97 Å². The fourth-order valence-corrected chi connectivity index (χ4v) is 4.32. The van der Waals surface area contributed by atoms with E-state index in [1.54, 1.807) is 32.3 Å². The van der Waals surface area contributed by atoms with Crippen molar-refractivity contribution in [3.63, 3.8) is 0 Å². The summed E-state index contributed by atoms with van der Waals surface area (Å²) < 4.78 is 1.38. The number of anilines is 2. The number of aryl methyl sites for hydroxylation is 1. The minimum absolute atomic E-state index is 0.0711. The van der Waals surface area contributed by atoms with Gasteiger partial charge in [-0.25, -0.2) is 14.8 Å². The molecule has 0 spiro atoms. The van der Waals surface area contributed by atoms with Gasteiger partial charge in [-0.15, -0.1) is 0 Å². The standard InChI is InChI=1S/C26H25ClN6O3/c1-13-11-16(14(2)30-19-9-10-20(27)31-23(19)26(35)36)22-17(12-13)25(34)33(4)24(32-22)21(28)15-7-5-6-8-18(15)29-3/h5-12,14,28-30H,1-4H3,(H,35,36). The lowest BCUT2D eigenvalue weighted by molar-refractivity contribution is 0.0691. The van der Waals surface area contributed by atoms with Gasteiger partial charge in [0.1, 0.15) is 10.9 Å². The SMILES string of the molecule is CNc1ccccc1C(=N)c1nc2c(C(C)Nc3ccc(Cl)nc3C(=O)O)cc(C)cc2c(=O)n1C. The van der Waals surface area contributed by atoms with Gasteiger partial charge in [0.15, 0.2) is 11.5 Å². The van der Waals surface area contributed by atoms with Crippen molar-refractivity contribution in [1.82, 2.24) is 14.5 Å². The summed E-state index contributed by atoms with van der Waals surface area (Å²) >= 11 is 5.89. The maximum Gasteiger partial charge on any atom is 0.356 e. The summed E-state index contributed by atoms with van der Waals surface area (Å²) in [5.74, 6) is -1.00. The Bertz CT molecular complexity index is 1580. The summed E-state index contributed by atoms with van der Waals surface area (Å²) in [6.45, 7) is 3.72. The van der Waals surface area contributed by atoms with E-state index in [-0.39, 0.29) is 33.6 Å². The van der Waals surface area contributed by atoms with Gasteiger partial charge in [-0.3, -0.25) is 14.8 Å². The van der Waals surface area contributed by atoms with Crippen molar-refractivity contribution in [2.24, 2.45) is 7.05 Å². The van der Waals surface area contributed by atoms with E-state index < -0.39 is 12.0 Å². The zero-order valence-electron chi connectivity index (χ0n) is 20.2. The fourth-order valence-electron chi connectivity index (χ4n) is 4.17. The molecule has 4 aromatic rings. The molecule has 0 fully saturated rings. The van der Waals surface area contributed by atoms with E-state index in [4.69, 9.17) is 22.0 Å². The smallest absolute Gasteiger partial charge is 0.356 e. The average Bonchev–Trinajstić information content (AvgIpc) is 2.86. The van der Waals surface area contributed by atoms with Crippen molar-refractivity contribution < 1.29 is 9.90 Å². The van der Waals surface area contributed by atoms with Gasteiger partial charge in [0, 0.05) is 30.9 Å². The van der Waals surface area contributed by atoms with Crippen LogP contribution in [0.2, 0.25) is 5.15 Å². The summed E-state index contributed by atoms with van der Waals surface area (Å²) in [5.41, 5.74) is 3.22. The molecule has 0 aliphatic carbocycles. The summed E-state index contributed by atoms with van der Waals surface area (Å²) in [6, 6.07) is 13.6. The Kier molecular flexibility index (Phi) is 6.76. The number of para-hydroxylation sites is 1. The van der Waals surface area contributed by atoms with E-state index >= 15 is 0 Å². The molecule has 1 atom stereocenters. The lowest BCUT2D eigenvalue weighted by Gasteiger charge is -2.20. The maximum atomic E-state index is 13.4. The quantitative estimate of drug-likeness (QED) is 0.213. The molecule has 0 aliphatic rings. The highest BCUT2D eigenvalue weighted by molar-refractivity contribution is 6.29. The molecule has 2 heterocycles. The van der Waals surface area contributed by atoms with Crippen LogP contribution < -0.4 is 16.2 Å². The second-order valence-corrected chi connectivity index (χ2v) is 8.81. The molecule has 4 rings (SSSR count). The average molecular weight is 505 g/mol. The monoisotopic (exact) mass is 504 g/mol. The number of carboxylic acids is 1. The number of carboxylic acid groups (broad SMARTS) is 1. The molecule has 2 aromatic carbocycles. The highest BCUT2D eigenvalue weighted by Crippen LogP contribution is 2.28. The third-order valence-corrected chi connectivity index (χ3v) is 6.16. The normalized spacial score (nSPS) is 11.8. The predicted molar refractivity (Wildman–Crippen MR) is 142 cm³/mol. The van der Waals surface area contributed by atoms with Gasteiger partial charge in [0.2, 0.25) is 0 Å². The molecule has 0 bridgehead atoms. The largest absolute Gasteiger partial charge is 0.476 e. The van der Waals surface area contributed by atoms with Crippen molar-refractivity contribution in [3.8, 4) is 0 Å². The molecular weight excluding hydrogens is 480 g/mol. The zero-order chi connectivity index (χ0) is 26.1. The Morgan fingerprint density at radius 2 is 1.86 bits per heavy atom. The van der Waals surface area contributed by atoms with Crippen LogP contribution in [0.4, 0.5) is 11.4 Å². The summed E-state index contributed by atoms with van der Waals surface area (Å²) in [7, 11) is 3.37. The van der Waals surface area contributed by atoms with Gasteiger partial charge in [0.05, 0.1) is 22.6 Å². The molecule has 10 heteroatoms. The second kappa shape index (κ2) is 9.79. The first-order chi connectivity index (χ1) is 17.1. The number of aromatic nitrogens is 3. The van der Waals surface area contributed by atoms with Gasteiger partial charge in [-0.2, -0.15) is 0 Å². The molecule has 184 valence electrons. The number of hydrogen-bond acceptors (Lipinski definition) is 7. The van der Waals surface area contributed by atoms with Crippen molar-refractivity contribution in [1.29, 1.82) is 5.41 Å². The molecule has 4 N–H and O–H groups in total. The van der Waals surface area contributed by atoms with Gasteiger partial charge in [-0.1, -0.05) is 35.9 Å². The molecule has 9 nitrogen and oxygen atoms in total. The lowest BCUT2D eigenvalue weighted by atomic mass is 10.00. The number of rotatable bonds is 7. The Morgan fingerprint density at radius 1 is 1.14 bits per heavy atom. The molecule has 2 aromatic heterocycles. The number of nitrogens with zero attached hydrogens (tertiary/aromatic N) is 3. The number of carbonyl (C=O) groups is 1. The van der Waals surface area contributed by atoms with Crippen molar-refractivity contribution in [2.45, 2.75) is 19.9 Å². The van der Waals surface area contributed by atoms with Crippen molar-refractivity contribution >= 4 is 45.6 Å². The number of pyridine rings is 1. The Balaban J connectivity index is 1.88. The van der Waals surface area contributed by atoms with E-state index in [9.17, 15) is 14.7 Å². The van der Waals surface area contributed by atoms with Crippen LogP contribution in [0.3, 0.4) is 0 Å². The summed E-state index contributed by atoms with van der Waals surface area (Å²) in [4.78, 5) is 33.8. The number of benzene rings is 2. The van der Waals surface area contributed by atoms with E-state index in [0.29, 0.717) is 22.0 Å². The molecule has 0 radical (unpaired) electrons. The minimum Gasteiger partial charge on any atom is -0.476 e. The van der Waals surface area contributed by atoms with Crippen LogP contribution >= 0.6 is 11.6 Å². The van der Waals surface area contributed by atoms with Gasteiger partial charge in [0.25, 0.3) is 5.56 Å². The minimum atomic E-state index is -1.22. The van der Waals surface area contributed by atoms with Crippen LogP contribution in [0.5, 0.6) is 0 Å². The number of aromatic carboxylic acids is 1. The highest BCUT2D eigenvalue weighted by atomic mass is 35.5. The first-order valence-corrected chi connectivity index (χ1v) is 11.5. The van der Waals surface area contributed by atoms with Crippen LogP contribution in [-0.4, -0.2) is 38.4 Å². The Morgan fingerprint density at radius 3 is 2.56 bits per heavy atom. The molecular formula is C26H25ClN6O3. The molecule has 0 saturated heterocycles. The van der Waals surface area contributed by atoms with Crippen LogP contribution in [0.25, 0.3) is 10.9 Å². The third kappa shape index (κ3) is 4.52. The number of nitrogens with one attached hydrogen (secondary N) is 3.